The highest BCUT2D eigenvalue weighted by Gasteiger charge is 2.10. The minimum atomic E-state index is -0.00338. The molecule has 1 amide bonds. The molecule has 0 heterocycles. The van der Waals surface area contributed by atoms with Gasteiger partial charge in [0.15, 0.2) is 0 Å². The van der Waals surface area contributed by atoms with Crippen molar-refractivity contribution in [3.8, 4) is 0 Å². The number of carbonyl (C=O) groups is 1. The molecular formula is C11H15NO2. The lowest BCUT2D eigenvalue weighted by Gasteiger charge is -2.18. The summed E-state index contributed by atoms with van der Waals surface area (Å²) in [5, 5.41) is 1.37. The third-order valence-electron chi connectivity index (χ3n) is 1.97. The first-order valence-electron chi connectivity index (χ1n) is 4.66. The molecule has 0 bridgehead atoms. The van der Waals surface area contributed by atoms with Crippen molar-refractivity contribution in [2.45, 2.75) is 19.9 Å². The van der Waals surface area contributed by atoms with Gasteiger partial charge >= 0.3 is 0 Å². The van der Waals surface area contributed by atoms with Crippen molar-refractivity contribution in [1.82, 2.24) is 5.06 Å². The lowest BCUT2D eigenvalue weighted by Crippen LogP contribution is -2.28. The number of benzene rings is 1. The summed E-state index contributed by atoms with van der Waals surface area (Å²) in [6.45, 7) is 2.32. The molecule has 0 radical (unpaired) electrons. The number of hydroxylamine groups is 2. The van der Waals surface area contributed by atoms with Crippen molar-refractivity contribution in [1.29, 1.82) is 0 Å². The molecule has 1 aromatic rings. The second-order valence-electron chi connectivity index (χ2n) is 2.95. The normalized spacial score (nSPS) is 9.86. The zero-order valence-corrected chi connectivity index (χ0v) is 8.56. The smallest absolute Gasteiger partial charge is 0.246 e. The summed E-state index contributed by atoms with van der Waals surface area (Å²) in [6.07, 6.45) is 0.459. The maximum Gasteiger partial charge on any atom is 0.246 e. The second-order valence-corrected chi connectivity index (χ2v) is 2.95. The van der Waals surface area contributed by atoms with E-state index in [1.165, 1.54) is 12.2 Å². The monoisotopic (exact) mass is 193 g/mol. The zero-order chi connectivity index (χ0) is 10.4. The Balaban J connectivity index is 2.62. The van der Waals surface area contributed by atoms with Crippen molar-refractivity contribution in [2.75, 3.05) is 7.11 Å². The van der Waals surface area contributed by atoms with E-state index >= 15 is 0 Å². The summed E-state index contributed by atoms with van der Waals surface area (Å²) in [4.78, 5) is 16.3. The molecule has 14 heavy (non-hydrogen) atoms. The molecule has 0 unspecified atom stereocenters. The van der Waals surface area contributed by atoms with Crippen LogP contribution < -0.4 is 0 Å². The predicted octanol–water partition coefficient (Wildman–Crippen LogP) is 1.99. The Morgan fingerprint density at radius 3 is 2.50 bits per heavy atom. The molecule has 76 valence electrons. The van der Waals surface area contributed by atoms with E-state index in [0.717, 1.165) is 5.56 Å². The average Bonchev–Trinajstić information content (AvgIpc) is 2.26. The molecule has 0 saturated carbocycles. The highest BCUT2D eigenvalue weighted by atomic mass is 16.7. The van der Waals surface area contributed by atoms with Crippen molar-refractivity contribution in [2.24, 2.45) is 0 Å². The largest absolute Gasteiger partial charge is 0.274 e. The molecule has 3 heteroatoms. The topological polar surface area (TPSA) is 29.5 Å². The van der Waals surface area contributed by atoms with Gasteiger partial charge in [-0.3, -0.25) is 9.63 Å². The number of hydrogen-bond acceptors (Lipinski definition) is 2. The Morgan fingerprint density at radius 1 is 1.36 bits per heavy atom. The highest BCUT2D eigenvalue weighted by molar-refractivity contribution is 5.74. The van der Waals surface area contributed by atoms with Crippen LogP contribution in [-0.2, 0) is 16.2 Å². The number of hydrogen-bond donors (Lipinski definition) is 0. The summed E-state index contributed by atoms with van der Waals surface area (Å²) < 4.78 is 0. The van der Waals surface area contributed by atoms with Gasteiger partial charge in [-0.15, -0.1) is 0 Å². The predicted molar refractivity (Wildman–Crippen MR) is 54.3 cm³/mol. The van der Waals surface area contributed by atoms with E-state index in [0.29, 0.717) is 13.0 Å². The Morgan fingerprint density at radius 2 is 2.00 bits per heavy atom. The molecule has 0 aliphatic rings. The lowest BCUT2D eigenvalue weighted by atomic mass is 10.2. The van der Waals surface area contributed by atoms with Crippen molar-refractivity contribution >= 4 is 5.91 Å². The van der Waals surface area contributed by atoms with Gasteiger partial charge in [-0.2, -0.15) is 0 Å². The summed E-state index contributed by atoms with van der Waals surface area (Å²) in [5.41, 5.74) is 1.07. The molecule has 1 aromatic carbocycles. The van der Waals surface area contributed by atoms with Crippen LogP contribution in [0.1, 0.15) is 18.9 Å². The molecule has 1 rings (SSSR count). The second kappa shape index (κ2) is 5.40. The SMILES string of the molecule is CCC(=O)N(Cc1ccccc1)OC. The van der Waals surface area contributed by atoms with Crippen LogP contribution in [0.4, 0.5) is 0 Å². The quantitative estimate of drug-likeness (QED) is 0.684. The molecule has 0 aliphatic carbocycles. The van der Waals surface area contributed by atoms with Gasteiger partial charge in [-0.05, 0) is 5.56 Å². The summed E-state index contributed by atoms with van der Waals surface area (Å²) in [7, 11) is 1.51. The van der Waals surface area contributed by atoms with Crippen LogP contribution in [0.25, 0.3) is 0 Å². The van der Waals surface area contributed by atoms with E-state index in [9.17, 15) is 4.79 Å². The molecule has 0 fully saturated rings. The van der Waals surface area contributed by atoms with Gasteiger partial charge in [-0.25, -0.2) is 5.06 Å². The van der Waals surface area contributed by atoms with Crippen LogP contribution in [0.2, 0.25) is 0 Å². The van der Waals surface area contributed by atoms with Crippen LogP contribution in [0.5, 0.6) is 0 Å². The van der Waals surface area contributed by atoms with E-state index < -0.39 is 0 Å². The lowest BCUT2D eigenvalue weighted by molar-refractivity contribution is -0.178. The number of rotatable bonds is 4. The first-order valence-corrected chi connectivity index (χ1v) is 4.66. The summed E-state index contributed by atoms with van der Waals surface area (Å²) >= 11 is 0. The number of carbonyl (C=O) groups excluding carboxylic acids is 1. The molecule has 0 spiro atoms. The van der Waals surface area contributed by atoms with Crippen LogP contribution in [0, 0.1) is 0 Å². The third-order valence-corrected chi connectivity index (χ3v) is 1.97. The third kappa shape index (κ3) is 2.85. The van der Waals surface area contributed by atoms with Gasteiger partial charge in [-0.1, -0.05) is 37.3 Å². The van der Waals surface area contributed by atoms with Gasteiger partial charge < -0.3 is 0 Å². The van der Waals surface area contributed by atoms with E-state index in [4.69, 9.17) is 4.84 Å². The van der Waals surface area contributed by atoms with Gasteiger partial charge in [0, 0.05) is 6.42 Å². The molecule has 0 atom stereocenters. The zero-order valence-electron chi connectivity index (χ0n) is 8.56. The fourth-order valence-electron chi connectivity index (χ4n) is 1.18. The van der Waals surface area contributed by atoms with E-state index in [2.05, 4.69) is 0 Å². The van der Waals surface area contributed by atoms with E-state index in [-0.39, 0.29) is 5.91 Å². The maximum atomic E-state index is 11.3. The van der Waals surface area contributed by atoms with Crippen molar-refractivity contribution < 1.29 is 9.63 Å². The first-order chi connectivity index (χ1) is 6.77. The Labute approximate surface area is 84.2 Å². The van der Waals surface area contributed by atoms with Gasteiger partial charge in [0.25, 0.3) is 0 Å². The van der Waals surface area contributed by atoms with E-state index in [1.54, 1.807) is 0 Å². The fourth-order valence-corrected chi connectivity index (χ4v) is 1.18. The fraction of sp³-hybridized carbons (Fsp3) is 0.364. The standard InChI is InChI=1S/C11H15NO2/c1-3-11(13)12(14-2)9-10-7-5-4-6-8-10/h4-8H,3,9H2,1-2H3. The number of amides is 1. The van der Waals surface area contributed by atoms with Gasteiger partial charge in [0.1, 0.15) is 0 Å². The van der Waals surface area contributed by atoms with Crippen molar-refractivity contribution in [3.63, 3.8) is 0 Å². The summed E-state index contributed by atoms with van der Waals surface area (Å²) in [6, 6.07) is 9.77. The molecule has 0 N–H and O–H groups in total. The minimum absolute atomic E-state index is 0.00338. The van der Waals surface area contributed by atoms with Crippen molar-refractivity contribution in [3.05, 3.63) is 35.9 Å². The highest BCUT2D eigenvalue weighted by Crippen LogP contribution is 2.05. The number of nitrogens with zero attached hydrogens (tertiary/aromatic N) is 1. The molecular weight excluding hydrogens is 178 g/mol. The molecule has 3 nitrogen and oxygen atoms in total. The average molecular weight is 193 g/mol. The maximum absolute atomic E-state index is 11.3. The first kappa shape index (κ1) is 10.7. The summed E-state index contributed by atoms with van der Waals surface area (Å²) in [5.74, 6) is -0.00338. The Bertz CT molecular complexity index is 285. The minimum Gasteiger partial charge on any atom is -0.274 e. The molecule has 0 saturated heterocycles. The van der Waals surface area contributed by atoms with Crippen LogP contribution >= 0.6 is 0 Å². The molecule has 0 aromatic heterocycles. The van der Waals surface area contributed by atoms with Gasteiger partial charge in [0.05, 0.1) is 13.7 Å². The molecule has 0 aliphatic heterocycles. The van der Waals surface area contributed by atoms with Crippen LogP contribution in [0.3, 0.4) is 0 Å². The van der Waals surface area contributed by atoms with Crippen LogP contribution in [0.15, 0.2) is 30.3 Å². The Kier molecular flexibility index (Phi) is 4.13. The van der Waals surface area contributed by atoms with Crippen LogP contribution in [-0.4, -0.2) is 18.1 Å². The van der Waals surface area contributed by atoms with E-state index in [1.807, 2.05) is 37.3 Å². The van der Waals surface area contributed by atoms with Gasteiger partial charge in [0.2, 0.25) is 5.91 Å². The Hall–Kier alpha value is -1.35.